The van der Waals surface area contributed by atoms with Crippen molar-refractivity contribution in [2.75, 3.05) is 0 Å². The number of unbranched alkanes of at least 4 members (excludes halogenated alkanes) is 2. The number of aryl methyl sites for hydroxylation is 2. The number of halogens is 1. The number of H-pyrrole nitrogens is 1. The molecule has 0 aromatic carbocycles. The average Bonchev–Trinajstić information content (AvgIpc) is 3.47. The highest BCUT2D eigenvalue weighted by molar-refractivity contribution is 6.28. The molecule has 0 amide bonds. The molecule has 0 saturated carbocycles. The summed E-state index contributed by atoms with van der Waals surface area (Å²) in [5, 5.41) is 4.03. The second-order valence-electron chi connectivity index (χ2n) is 6.92. The molecule has 0 atom stereocenters. The predicted octanol–water partition coefficient (Wildman–Crippen LogP) is 3.01. The maximum Gasteiger partial charge on any atom is 0.332 e. The summed E-state index contributed by atoms with van der Waals surface area (Å²) in [6.45, 7) is 2.79. The zero-order valence-corrected chi connectivity index (χ0v) is 17.2. The van der Waals surface area contributed by atoms with Gasteiger partial charge in [0.2, 0.25) is 5.28 Å². The highest BCUT2D eigenvalue weighted by atomic mass is 35.5. The van der Waals surface area contributed by atoms with Gasteiger partial charge >= 0.3 is 5.69 Å². The van der Waals surface area contributed by atoms with Crippen LogP contribution in [0.15, 0.2) is 36.9 Å². The lowest BCUT2D eigenvalue weighted by Gasteiger charge is -2.10. The number of hydrogen-bond acceptors (Lipinski definition) is 7. The summed E-state index contributed by atoms with van der Waals surface area (Å²) in [5.74, 6) is 1.39. The quantitative estimate of drug-likeness (QED) is 0.318. The van der Waals surface area contributed by atoms with Gasteiger partial charge in [-0.3, -0.25) is 13.9 Å². The summed E-state index contributed by atoms with van der Waals surface area (Å²) in [7, 11) is 0. The molecule has 4 heterocycles. The highest BCUT2D eigenvalue weighted by Gasteiger charge is 2.17. The summed E-state index contributed by atoms with van der Waals surface area (Å²) >= 11 is 5.94. The van der Waals surface area contributed by atoms with Crippen LogP contribution in [0.1, 0.15) is 38.4 Å². The fourth-order valence-electron chi connectivity index (χ4n) is 3.26. The Kier molecular flexibility index (Phi) is 5.84. The highest BCUT2D eigenvalue weighted by Crippen LogP contribution is 2.17. The third-order valence-electron chi connectivity index (χ3n) is 4.80. The predicted molar refractivity (Wildman–Crippen MR) is 109 cm³/mol. The molecular formula is C19H21ClN6O4. The number of aromatic amines is 1. The van der Waals surface area contributed by atoms with Gasteiger partial charge in [-0.25, -0.2) is 4.79 Å². The van der Waals surface area contributed by atoms with E-state index >= 15 is 0 Å². The minimum Gasteiger partial charge on any atom is -0.459 e. The molecule has 0 radical (unpaired) electrons. The number of nitrogens with one attached hydrogen (secondary N) is 1. The van der Waals surface area contributed by atoms with Crippen LogP contribution in [0, 0.1) is 0 Å². The molecule has 11 heteroatoms. The third-order valence-corrected chi connectivity index (χ3v) is 4.98. The Balaban J connectivity index is 1.47. The molecule has 0 aliphatic carbocycles. The van der Waals surface area contributed by atoms with Crippen LogP contribution in [0.3, 0.4) is 0 Å². The Hall–Kier alpha value is -3.14. The van der Waals surface area contributed by atoms with Crippen molar-refractivity contribution in [3.8, 4) is 11.7 Å². The van der Waals surface area contributed by atoms with Crippen molar-refractivity contribution in [2.24, 2.45) is 0 Å². The standard InChI is InChI=1S/C19H21ClN6O4/c1-2-3-9-25-15-14(22-18(20)23-15)17(27)26(19(25)28)10-5-4-8-13-21-16(30-24-13)12-7-6-11-29-12/h6-7,11H,2-5,8-10H2,1H3,(H,22,23). The summed E-state index contributed by atoms with van der Waals surface area (Å²) in [6.07, 6.45) is 5.08. The van der Waals surface area contributed by atoms with E-state index < -0.39 is 5.56 Å². The molecule has 0 aliphatic heterocycles. The average molecular weight is 433 g/mol. The van der Waals surface area contributed by atoms with E-state index in [1.165, 1.54) is 15.4 Å². The Labute approximate surface area is 175 Å². The van der Waals surface area contributed by atoms with Gasteiger partial charge in [-0.05, 0) is 43.0 Å². The molecule has 0 saturated heterocycles. The first-order chi connectivity index (χ1) is 14.6. The molecule has 1 N–H and O–H groups in total. The van der Waals surface area contributed by atoms with Gasteiger partial charge in [-0.2, -0.15) is 9.97 Å². The number of fused-ring (bicyclic) bond motifs is 1. The van der Waals surface area contributed by atoms with Gasteiger partial charge in [0.05, 0.1) is 6.26 Å². The van der Waals surface area contributed by atoms with Crippen LogP contribution in [0.4, 0.5) is 0 Å². The third kappa shape index (κ3) is 3.95. The van der Waals surface area contributed by atoms with E-state index in [1.807, 2.05) is 6.92 Å². The van der Waals surface area contributed by atoms with Crippen LogP contribution >= 0.6 is 11.6 Å². The lowest BCUT2D eigenvalue weighted by atomic mass is 10.2. The van der Waals surface area contributed by atoms with Crippen LogP contribution < -0.4 is 11.2 Å². The van der Waals surface area contributed by atoms with Crippen LogP contribution in [0.5, 0.6) is 0 Å². The Morgan fingerprint density at radius 3 is 2.73 bits per heavy atom. The van der Waals surface area contributed by atoms with Crippen LogP contribution in [-0.4, -0.2) is 29.2 Å². The molecule has 30 heavy (non-hydrogen) atoms. The lowest BCUT2D eigenvalue weighted by molar-refractivity contribution is 0.407. The first-order valence-corrected chi connectivity index (χ1v) is 10.2. The first-order valence-electron chi connectivity index (χ1n) is 9.83. The fraction of sp³-hybridized carbons (Fsp3) is 0.421. The van der Waals surface area contributed by atoms with Gasteiger partial charge in [0.15, 0.2) is 22.7 Å². The topological polar surface area (TPSA) is 125 Å². The molecule has 158 valence electrons. The number of furan rings is 1. The number of rotatable bonds is 9. The molecule has 4 aromatic rings. The van der Waals surface area contributed by atoms with E-state index in [0.717, 1.165) is 12.8 Å². The number of aromatic nitrogens is 6. The van der Waals surface area contributed by atoms with E-state index in [2.05, 4.69) is 20.1 Å². The number of imidazole rings is 1. The molecule has 4 aromatic heterocycles. The largest absolute Gasteiger partial charge is 0.459 e. The minimum atomic E-state index is -0.415. The van der Waals surface area contributed by atoms with Crippen molar-refractivity contribution in [3.63, 3.8) is 0 Å². The molecule has 10 nitrogen and oxygen atoms in total. The maximum absolute atomic E-state index is 12.9. The summed E-state index contributed by atoms with van der Waals surface area (Å²) in [4.78, 5) is 36.8. The molecule has 0 bridgehead atoms. The molecule has 0 unspecified atom stereocenters. The van der Waals surface area contributed by atoms with Gasteiger partial charge in [0.1, 0.15) is 0 Å². The Morgan fingerprint density at radius 1 is 1.13 bits per heavy atom. The number of hydrogen-bond donors (Lipinski definition) is 1. The second-order valence-corrected chi connectivity index (χ2v) is 7.28. The van der Waals surface area contributed by atoms with E-state index in [0.29, 0.717) is 48.9 Å². The van der Waals surface area contributed by atoms with Crippen molar-refractivity contribution in [1.29, 1.82) is 0 Å². The first kappa shape index (κ1) is 20.1. The summed E-state index contributed by atoms with van der Waals surface area (Å²) in [5.41, 5.74) is -0.237. The summed E-state index contributed by atoms with van der Waals surface area (Å²) in [6, 6.07) is 3.49. The van der Waals surface area contributed by atoms with Crippen LogP contribution in [0.2, 0.25) is 5.28 Å². The van der Waals surface area contributed by atoms with Crippen LogP contribution in [0.25, 0.3) is 22.8 Å². The smallest absolute Gasteiger partial charge is 0.332 e. The van der Waals surface area contributed by atoms with Gasteiger partial charge < -0.3 is 13.9 Å². The van der Waals surface area contributed by atoms with Crippen molar-refractivity contribution >= 4 is 22.8 Å². The fourth-order valence-corrected chi connectivity index (χ4v) is 3.44. The van der Waals surface area contributed by atoms with E-state index in [1.54, 1.807) is 12.1 Å². The van der Waals surface area contributed by atoms with Crippen molar-refractivity contribution < 1.29 is 8.94 Å². The molecule has 0 spiro atoms. The van der Waals surface area contributed by atoms with Gasteiger partial charge in [0.25, 0.3) is 11.4 Å². The van der Waals surface area contributed by atoms with E-state index in [-0.39, 0.29) is 23.0 Å². The van der Waals surface area contributed by atoms with Crippen molar-refractivity contribution in [1.82, 2.24) is 29.2 Å². The molecular weight excluding hydrogens is 412 g/mol. The zero-order valence-electron chi connectivity index (χ0n) is 16.4. The Bertz CT molecular complexity index is 1250. The summed E-state index contributed by atoms with van der Waals surface area (Å²) < 4.78 is 13.2. The van der Waals surface area contributed by atoms with E-state index in [4.69, 9.17) is 20.5 Å². The van der Waals surface area contributed by atoms with Gasteiger partial charge in [-0.1, -0.05) is 18.5 Å². The normalized spacial score (nSPS) is 11.5. The number of nitrogens with zero attached hydrogens (tertiary/aromatic N) is 5. The zero-order chi connectivity index (χ0) is 21.1. The van der Waals surface area contributed by atoms with Crippen molar-refractivity contribution in [3.05, 3.63) is 50.3 Å². The van der Waals surface area contributed by atoms with Crippen molar-refractivity contribution in [2.45, 2.75) is 52.1 Å². The van der Waals surface area contributed by atoms with E-state index in [9.17, 15) is 9.59 Å². The lowest BCUT2D eigenvalue weighted by Crippen LogP contribution is -2.40. The second kappa shape index (κ2) is 8.70. The van der Waals surface area contributed by atoms with Crippen LogP contribution in [-0.2, 0) is 19.5 Å². The molecule has 0 aliphatic rings. The maximum atomic E-state index is 12.9. The molecule has 0 fully saturated rings. The molecule has 4 rings (SSSR count). The monoisotopic (exact) mass is 432 g/mol. The Morgan fingerprint density at radius 2 is 1.97 bits per heavy atom. The van der Waals surface area contributed by atoms with Gasteiger partial charge in [0, 0.05) is 19.5 Å². The minimum absolute atomic E-state index is 0.0916. The van der Waals surface area contributed by atoms with Gasteiger partial charge in [-0.15, -0.1) is 0 Å². The SMILES string of the molecule is CCCCn1c(=O)n(CCCCc2noc(-c3ccco3)n2)c(=O)c2[nH]c(Cl)nc21.